The molecule has 1 aromatic carbocycles. The summed E-state index contributed by atoms with van der Waals surface area (Å²) in [4.78, 5) is 13.1. The van der Waals surface area contributed by atoms with Crippen LogP contribution in [0.15, 0.2) is 6.07 Å². The Morgan fingerprint density at radius 3 is 2.08 bits per heavy atom. The summed E-state index contributed by atoms with van der Waals surface area (Å²) < 4.78 is 34.7. The first kappa shape index (κ1) is 28.1. The summed E-state index contributed by atoms with van der Waals surface area (Å²) in [5.74, 6) is 5.70. The summed E-state index contributed by atoms with van der Waals surface area (Å²) >= 11 is 0. The van der Waals surface area contributed by atoms with Crippen LogP contribution in [-0.2, 0) is 25.4 Å². The number of benzene rings is 1. The molecule has 3 rings (SSSR count). The molecule has 0 N–H and O–H groups in total. The number of cyclic esters (lactones) is 1. The highest BCUT2D eigenvalue weighted by molar-refractivity contribution is 6.84. The van der Waals surface area contributed by atoms with Crippen molar-refractivity contribution < 1.29 is 33.2 Å². The van der Waals surface area contributed by atoms with E-state index in [-0.39, 0.29) is 18.5 Å². The molecule has 0 radical (unpaired) electrons. The number of carbonyl (C=O) groups is 1. The molecule has 0 spiro atoms. The zero-order valence-electron chi connectivity index (χ0n) is 22.9. The van der Waals surface area contributed by atoms with Crippen molar-refractivity contribution in [1.29, 1.82) is 0 Å². The summed E-state index contributed by atoms with van der Waals surface area (Å²) in [5, 5.41) is 0. The summed E-state index contributed by atoms with van der Waals surface area (Å²) in [6.07, 6.45) is 0.346. The largest absolute Gasteiger partial charge is 0.493 e. The average Bonchev–Trinajstić information content (AvgIpc) is 3.42. The zero-order valence-corrected chi connectivity index (χ0v) is 24.9. The SMILES string of the molecule is COc1cc(C[C@H]2C(=O)OC[C@@H]2C2(C#C[Si](C)(C)C)OCCO2)c(C#C[Si](C)(C)C)c(OC)c1OC. The van der Waals surface area contributed by atoms with E-state index in [9.17, 15) is 4.79 Å². The van der Waals surface area contributed by atoms with E-state index in [0.717, 1.165) is 5.56 Å². The molecule has 2 heterocycles. The minimum atomic E-state index is -1.72. The Labute approximate surface area is 217 Å². The first-order valence-electron chi connectivity index (χ1n) is 12.2. The van der Waals surface area contributed by atoms with Gasteiger partial charge in [0, 0.05) is 0 Å². The van der Waals surface area contributed by atoms with Crippen molar-refractivity contribution in [3.63, 3.8) is 0 Å². The molecule has 0 bridgehead atoms. The van der Waals surface area contributed by atoms with Gasteiger partial charge in [0.1, 0.15) is 22.8 Å². The molecule has 0 amide bonds. The number of esters is 1. The lowest BCUT2D eigenvalue weighted by molar-refractivity contribution is -0.157. The molecule has 0 saturated carbocycles. The molecule has 36 heavy (non-hydrogen) atoms. The Kier molecular flexibility index (Phi) is 8.52. The van der Waals surface area contributed by atoms with Crippen molar-refractivity contribution in [2.75, 3.05) is 41.2 Å². The van der Waals surface area contributed by atoms with Gasteiger partial charge >= 0.3 is 5.97 Å². The molecular weight excluding hydrogens is 492 g/mol. The monoisotopic (exact) mass is 530 g/mol. The van der Waals surface area contributed by atoms with E-state index in [0.29, 0.717) is 42.4 Å². The van der Waals surface area contributed by atoms with Crippen LogP contribution >= 0.6 is 0 Å². The first-order valence-corrected chi connectivity index (χ1v) is 19.2. The van der Waals surface area contributed by atoms with Crippen molar-refractivity contribution in [2.24, 2.45) is 11.8 Å². The molecule has 196 valence electrons. The summed E-state index contributed by atoms with van der Waals surface area (Å²) in [5.41, 5.74) is 8.30. The third-order valence-corrected chi connectivity index (χ3v) is 7.67. The maximum atomic E-state index is 13.1. The van der Waals surface area contributed by atoms with Crippen LogP contribution in [0.2, 0.25) is 39.3 Å². The van der Waals surface area contributed by atoms with Gasteiger partial charge in [-0.1, -0.05) is 45.2 Å². The number of carbonyl (C=O) groups excluding carboxylic acids is 1. The van der Waals surface area contributed by atoms with E-state index in [2.05, 4.69) is 62.2 Å². The third kappa shape index (κ3) is 6.27. The summed E-state index contributed by atoms with van der Waals surface area (Å²) in [7, 11) is 1.28. The third-order valence-electron chi connectivity index (χ3n) is 5.92. The molecule has 0 aliphatic carbocycles. The van der Waals surface area contributed by atoms with Crippen molar-refractivity contribution in [3.8, 4) is 40.2 Å². The number of ether oxygens (including phenoxy) is 6. The van der Waals surface area contributed by atoms with E-state index in [4.69, 9.17) is 28.4 Å². The first-order chi connectivity index (χ1) is 16.8. The molecule has 2 fully saturated rings. The Morgan fingerprint density at radius 2 is 1.56 bits per heavy atom. The average molecular weight is 531 g/mol. The topological polar surface area (TPSA) is 72.5 Å². The van der Waals surface area contributed by atoms with Crippen molar-refractivity contribution in [3.05, 3.63) is 17.2 Å². The predicted octanol–water partition coefficient (Wildman–Crippen LogP) is 3.90. The van der Waals surface area contributed by atoms with Gasteiger partial charge in [0.25, 0.3) is 0 Å². The zero-order chi connectivity index (χ0) is 26.7. The van der Waals surface area contributed by atoms with E-state index < -0.39 is 27.9 Å². The number of hydrogen-bond donors (Lipinski definition) is 0. The molecule has 0 aromatic heterocycles. The van der Waals surface area contributed by atoms with Crippen LogP contribution in [0.25, 0.3) is 0 Å². The van der Waals surface area contributed by atoms with Crippen LogP contribution in [-0.4, -0.2) is 69.1 Å². The van der Waals surface area contributed by atoms with Crippen molar-refractivity contribution in [2.45, 2.75) is 51.5 Å². The fourth-order valence-corrected chi connectivity index (χ4v) is 5.28. The van der Waals surface area contributed by atoms with Crippen molar-refractivity contribution in [1.82, 2.24) is 0 Å². The van der Waals surface area contributed by atoms with Gasteiger partial charge in [0.15, 0.2) is 11.5 Å². The van der Waals surface area contributed by atoms with Crippen LogP contribution in [0, 0.1) is 34.8 Å². The second-order valence-electron chi connectivity index (χ2n) is 11.1. The minimum Gasteiger partial charge on any atom is -0.493 e. The fraction of sp³-hybridized carbons (Fsp3) is 0.593. The van der Waals surface area contributed by atoms with Gasteiger partial charge in [-0.05, 0) is 24.0 Å². The van der Waals surface area contributed by atoms with Gasteiger partial charge in [-0.25, -0.2) is 0 Å². The standard InChI is InChI=1S/C27H38O7Si2/c1-29-23-17-19(20(10-14-35(4,5)6)24(30-2)25(23)31-3)16-21-22(18-32-26(21)28)27(33-12-13-34-27)11-15-36(7,8)9/h17,21-22H,12-13,16,18H2,1-9H3/t21-,22+/m1/s1. The molecule has 9 heteroatoms. The second-order valence-corrected chi connectivity index (χ2v) is 20.6. The number of rotatable bonds is 6. The lowest BCUT2D eigenvalue weighted by atomic mass is 9.82. The molecular formula is C27H38O7Si2. The Balaban J connectivity index is 2.13. The van der Waals surface area contributed by atoms with Gasteiger partial charge in [-0.2, -0.15) is 0 Å². The lowest BCUT2D eigenvalue weighted by Crippen LogP contribution is -2.43. The molecule has 1 aromatic rings. The van der Waals surface area contributed by atoms with Crippen LogP contribution < -0.4 is 14.2 Å². The number of methoxy groups -OCH3 is 3. The normalized spacial score (nSPS) is 21.1. The molecule has 2 saturated heterocycles. The Hall–Kier alpha value is -2.44. The van der Waals surface area contributed by atoms with Gasteiger partial charge in [0.2, 0.25) is 11.5 Å². The highest BCUT2D eigenvalue weighted by Crippen LogP contribution is 2.45. The molecule has 0 unspecified atom stereocenters. The second kappa shape index (κ2) is 10.9. The molecule has 2 aliphatic heterocycles. The molecule has 7 nitrogen and oxygen atoms in total. The van der Waals surface area contributed by atoms with Gasteiger partial charge in [-0.15, -0.1) is 11.1 Å². The highest BCUT2D eigenvalue weighted by atomic mass is 28.3. The highest BCUT2D eigenvalue weighted by Gasteiger charge is 2.54. The minimum absolute atomic E-state index is 0.185. The van der Waals surface area contributed by atoms with Gasteiger partial charge in [-0.3, -0.25) is 4.79 Å². The van der Waals surface area contributed by atoms with E-state index >= 15 is 0 Å². The maximum Gasteiger partial charge on any atom is 0.309 e. The summed E-state index contributed by atoms with van der Waals surface area (Å²) in [6.45, 7) is 14.0. The van der Waals surface area contributed by atoms with Gasteiger partial charge in [0.05, 0.1) is 51.9 Å². The Morgan fingerprint density at radius 1 is 0.944 bits per heavy atom. The van der Waals surface area contributed by atoms with Crippen LogP contribution in [0.5, 0.6) is 17.2 Å². The van der Waals surface area contributed by atoms with E-state index in [1.54, 1.807) is 21.3 Å². The van der Waals surface area contributed by atoms with Gasteiger partial charge < -0.3 is 28.4 Å². The van der Waals surface area contributed by atoms with Crippen LogP contribution in [0.1, 0.15) is 11.1 Å². The molecule has 2 atom stereocenters. The summed E-state index contributed by atoms with van der Waals surface area (Å²) in [6, 6.07) is 1.87. The van der Waals surface area contributed by atoms with Crippen molar-refractivity contribution >= 4 is 22.1 Å². The van der Waals surface area contributed by atoms with Crippen LogP contribution in [0.3, 0.4) is 0 Å². The van der Waals surface area contributed by atoms with E-state index in [1.165, 1.54) is 0 Å². The smallest absolute Gasteiger partial charge is 0.309 e. The lowest BCUT2D eigenvalue weighted by Gasteiger charge is -2.30. The predicted molar refractivity (Wildman–Crippen MR) is 144 cm³/mol. The van der Waals surface area contributed by atoms with E-state index in [1.807, 2.05) is 6.07 Å². The number of hydrogen-bond acceptors (Lipinski definition) is 7. The maximum absolute atomic E-state index is 13.1. The van der Waals surface area contributed by atoms with Crippen LogP contribution in [0.4, 0.5) is 0 Å². The Bertz CT molecular complexity index is 1100. The quantitative estimate of drug-likeness (QED) is 0.314. The molecule has 2 aliphatic rings. The fourth-order valence-electron chi connectivity index (χ4n) is 4.23.